The molecule has 1 aliphatic rings. The Morgan fingerprint density at radius 1 is 1.35 bits per heavy atom. The van der Waals surface area contributed by atoms with Crippen molar-refractivity contribution >= 4 is 17.4 Å². The molecule has 2 atom stereocenters. The van der Waals surface area contributed by atoms with Gasteiger partial charge in [0.05, 0.1) is 11.7 Å². The maximum atomic E-state index is 13.1. The minimum absolute atomic E-state index is 0.127. The minimum atomic E-state index is -0.637. The Bertz CT molecular complexity index is 860. The first-order chi connectivity index (χ1) is 12.4. The summed E-state index contributed by atoms with van der Waals surface area (Å²) in [7, 11) is 1.72. The lowest BCUT2D eigenvalue weighted by Gasteiger charge is -2.29. The van der Waals surface area contributed by atoms with Gasteiger partial charge in [-0.3, -0.25) is 4.79 Å². The molecule has 1 aromatic carbocycles. The smallest absolute Gasteiger partial charge is 0.249 e. The van der Waals surface area contributed by atoms with Gasteiger partial charge in [-0.05, 0) is 37.6 Å². The van der Waals surface area contributed by atoms with E-state index in [0.717, 1.165) is 16.9 Å². The minimum Gasteiger partial charge on any atom is -0.391 e. The van der Waals surface area contributed by atoms with Gasteiger partial charge in [-0.2, -0.15) is 5.26 Å². The molecule has 0 bridgehead atoms. The van der Waals surface area contributed by atoms with Gasteiger partial charge in [0, 0.05) is 31.4 Å². The van der Waals surface area contributed by atoms with Gasteiger partial charge in [0.25, 0.3) is 0 Å². The number of anilines is 2. The first-order valence-corrected chi connectivity index (χ1v) is 8.58. The van der Waals surface area contributed by atoms with E-state index >= 15 is 0 Å². The highest BCUT2D eigenvalue weighted by molar-refractivity contribution is 5.99. The van der Waals surface area contributed by atoms with E-state index in [2.05, 4.69) is 11.1 Å². The molecule has 26 heavy (non-hydrogen) atoms. The van der Waals surface area contributed by atoms with Crippen LogP contribution in [0.3, 0.4) is 0 Å². The van der Waals surface area contributed by atoms with E-state index in [4.69, 9.17) is 0 Å². The van der Waals surface area contributed by atoms with Crippen molar-refractivity contribution in [2.75, 3.05) is 23.4 Å². The second-order valence-electron chi connectivity index (χ2n) is 6.68. The van der Waals surface area contributed by atoms with Crippen LogP contribution < -0.4 is 9.80 Å². The highest BCUT2D eigenvalue weighted by atomic mass is 16.3. The summed E-state index contributed by atoms with van der Waals surface area (Å²) < 4.78 is 0. The third kappa shape index (κ3) is 3.26. The Morgan fingerprint density at radius 2 is 2.04 bits per heavy atom. The highest BCUT2D eigenvalue weighted by Gasteiger charge is 2.39. The van der Waals surface area contributed by atoms with Gasteiger partial charge < -0.3 is 14.9 Å². The maximum Gasteiger partial charge on any atom is 0.249 e. The molecule has 2 aromatic rings. The average molecular weight is 350 g/mol. The number of aliphatic hydroxyl groups excluding tert-OH is 1. The second kappa shape index (κ2) is 7.14. The molecule has 1 N–H and O–H groups in total. The number of aromatic nitrogens is 1. The predicted octanol–water partition coefficient (Wildman–Crippen LogP) is 2.17. The normalized spacial score (nSPS) is 19.3. The Labute approximate surface area is 153 Å². The number of hydrogen-bond acceptors (Lipinski definition) is 5. The number of β-amino-alcohol motifs (C(OH)–C–C–N with tert-alkyl or cyclic N) is 1. The zero-order valence-corrected chi connectivity index (χ0v) is 15.2. The molecule has 6 nitrogen and oxygen atoms in total. The van der Waals surface area contributed by atoms with Crippen molar-refractivity contribution in [3.63, 3.8) is 0 Å². The van der Waals surface area contributed by atoms with Gasteiger partial charge in [0.2, 0.25) is 5.91 Å². The van der Waals surface area contributed by atoms with E-state index in [1.54, 1.807) is 16.8 Å². The van der Waals surface area contributed by atoms with E-state index in [1.165, 1.54) is 0 Å². The lowest BCUT2D eigenvalue weighted by Crippen LogP contribution is -2.45. The largest absolute Gasteiger partial charge is 0.391 e. The summed E-state index contributed by atoms with van der Waals surface area (Å²) in [4.78, 5) is 21.0. The highest BCUT2D eigenvalue weighted by Crippen LogP contribution is 2.30. The van der Waals surface area contributed by atoms with E-state index in [0.29, 0.717) is 17.8 Å². The van der Waals surface area contributed by atoms with Gasteiger partial charge in [-0.15, -0.1) is 0 Å². The van der Waals surface area contributed by atoms with Gasteiger partial charge in [0.15, 0.2) is 0 Å². The van der Waals surface area contributed by atoms with Crippen LogP contribution in [0.15, 0.2) is 36.4 Å². The van der Waals surface area contributed by atoms with E-state index in [9.17, 15) is 15.2 Å². The van der Waals surface area contributed by atoms with Crippen LogP contribution in [-0.4, -0.2) is 41.7 Å². The van der Waals surface area contributed by atoms with E-state index in [-0.39, 0.29) is 12.5 Å². The molecule has 0 aliphatic carbocycles. The van der Waals surface area contributed by atoms with Crippen LogP contribution in [0.4, 0.5) is 11.5 Å². The van der Waals surface area contributed by atoms with Crippen molar-refractivity contribution in [3.8, 4) is 6.07 Å². The van der Waals surface area contributed by atoms with Gasteiger partial charge >= 0.3 is 0 Å². The third-order valence-corrected chi connectivity index (χ3v) is 4.75. The quantitative estimate of drug-likeness (QED) is 0.918. The Kier molecular flexibility index (Phi) is 4.92. The molecule has 1 fully saturated rings. The summed E-state index contributed by atoms with van der Waals surface area (Å²) in [6.07, 6.45) is -0.322. The van der Waals surface area contributed by atoms with Crippen molar-refractivity contribution in [2.45, 2.75) is 32.4 Å². The molecule has 134 valence electrons. The van der Waals surface area contributed by atoms with Gasteiger partial charge in [-0.1, -0.05) is 18.2 Å². The number of nitriles is 1. The summed E-state index contributed by atoms with van der Waals surface area (Å²) >= 11 is 0. The SMILES string of the molecule is Cc1cc(C)c(C#N)c(N2C[C@@H](O)C[C@H]2C(=O)N(C)c2ccccc2)n1. The van der Waals surface area contributed by atoms with E-state index in [1.807, 2.05) is 50.2 Å². The fourth-order valence-corrected chi connectivity index (χ4v) is 3.45. The van der Waals surface area contributed by atoms with Crippen LogP contribution in [0.1, 0.15) is 23.2 Å². The predicted molar refractivity (Wildman–Crippen MR) is 100 cm³/mol. The molecule has 0 spiro atoms. The average Bonchev–Trinajstić information content (AvgIpc) is 3.02. The summed E-state index contributed by atoms with van der Waals surface area (Å²) in [5.74, 6) is 0.346. The lowest BCUT2D eigenvalue weighted by molar-refractivity contribution is -0.119. The number of hydrogen-bond donors (Lipinski definition) is 1. The molecular formula is C20H22N4O2. The summed E-state index contributed by atoms with van der Waals surface area (Å²) in [6.45, 7) is 4.00. The number of para-hydroxylation sites is 1. The number of carbonyl (C=O) groups excluding carboxylic acids is 1. The number of amides is 1. The van der Waals surface area contributed by atoms with Crippen LogP contribution in [0, 0.1) is 25.2 Å². The number of aliphatic hydroxyl groups is 1. The Morgan fingerprint density at radius 3 is 2.69 bits per heavy atom. The van der Waals surface area contributed by atoms with Crippen LogP contribution in [0.5, 0.6) is 0 Å². The molecule has 1 amide bonds. The van der Waals surface area contributed by atoms with Crippen molar-refractivity contribution < 1.29 is 9.90 Å². The number of carbonyl (C=O) groups is 1. The Balaban J connectivity index is 1.98. The summed E-state index contributed by atoms with van der Waals surface area (Å²) in [6, 6.07) is 12.9. The van der Waals surface area contributed by atoms with Crippen molar-refractivity contribution in [1.82, 2.24) is 4.98 Å². The third-order valence-electron chi connectivity index (χ3n) is 4.75. The van der Waals surface area contributed by atoms with Crippen LogP contribution in [-0.2, 0) is 4.79 Å². The number of nitrogens with zero attached hydrogens (tertiary/aromatic N) is 4. The molecule has 0 saturated carbocycles. The van der Waals surface area contributed by atoms with Gasteiger partial charge in [0.1, 0.15) is 17.9 Å². The molecular weight excluding hydrogens is 328 g/mol. The molecule has 1 aromatic heterocycles. The fraction of sp³-hybridized carbons (Fsp3) is 0.350. The maximum absolute atomic E-state index is 13.1. The van der Waals surface area contributed by atoms with Crippen LogP contribution >= 0.6 is 0 Å². The molecule has 1 aliphatic heterocycles. The molecule has 1 saturated heterocycles. The van der Waals surface area contributed by atoms with Crippen molar-refractivity contribution in [3.05, 3.63) is 53.2 Å². The van der Waals surface area contributed by atoms with Crippen molar-refractivity contribution in [1.29, 1.82) is 5.26 Å². The lowest BCUT2D eigenvalue weighted by atomic mass is 10.1. The number of benzene rings is 1. The van der Waals surface area contributed by atoms with Crippen LogP contribution in [0.2, 0.25) is 0 Å². The van der Waals surface area contributed by atoms with E-state index < -0.39 is 12.1 Å². The standard InChI is InChI=1S/C20H22N4O2/c1-13-9-14(2)22-19(17(13)11-21)24-12-16(25)10-18(24)20(26)23(3)15-7-5-4-6-8-15/h4-9,16,18,25H,10,12H2,1-3H3/t16-,18-/m0/s1. The molecule has 0 unspecified atom stereocenters. The monoisotopic (exact) mass is 350 g/mol. The van der Waals surface area contributed by atoms with Gasteiger partial charge in [-0.25, -0.2) is 4.98 Å². The number of rotatable bonds is 3. The number of aryl methyl sites for hydroxylation is 2. The summed E-state index contributed by atoms with van der Waals surface area (Å²) in [5, 5.41) is 19.8. The van der Waals surface area contributed by atoms with Crippen LogP contribution in [0.25, 0.3) is 0 Å². The number of likely N-dealkylation sites (N-methyl/N-ethyl adjacent to an activating group) is 1. The fourth-order valence-electron chi connectivity index (χ4n) is 3.45. The number of pyridine rings is 1. The van der Waals surface area contributed by atoms with Crippen molar-refractivity contribution in [2.24, 2.45) is 0 Å². The first kappa shape index (κ1) is 17.9. The Hall–Kier alpha value is -2.91. The molecule has 2 heterocycles. The molecule has 6 heteroatoms. The molecule has 0 radical (unpaired) electrons. The molecule has 3 rings (SSSR count). The zero-order chi connectivity index (χ0) is 18.8. The summed E-state index contributed by atoms with van der Waals surface area (Å²) in [5.41, 5.74) is 2.83. The zero-order valence-electron chi connectivity index (χ0n) is 15.2. The second-order valence-corrected chi connectivity index (χ2v) is 6.68. The topological polar surface area (TPSA) is 80.5 Å². The first-order valence-electron chi connectivity index (χ1n) is 8.58.